The van der Waals surface area contributed by atoms with E-state index in [-0.39, 0.29) is 11.9 Å². The van der Waals surface area contributed by atoms with E-state index in [0.29, 0.717) is 12.4 Å². The van der Waals surface area contributed by atoms with Crippen molar-refractivity contribution >= 4 is 34.7 Å². The van der Waals surface area contributed by atoms with E-state index in [9.17, 15) is 9.59 Å². The van der Waals surface area contributed by atoms with Gasteiger partial charge in [-0.3, -0.25) is 14.6 Å². The van der Waals surface area contributed by atoms with Crippen LogP contribution in [0.15, 0.2) is 17.1 Å². The smallest absolute Gasteiger partial charge is 0.269 e. The lowest BCUT2D eigenvalue weighted by Crippen LogP contribution is -2.61. The van der Waals surface area contributed by atoms with Crippen LogP contribution in [0.25, 0.3) is 0 Å². The minimum Gasteiger partial charge on any atom is -0.269 e. The molecule has 1 unspecified atom stereocenters. The zero-order chi connectivity index (χ0) is 15.7. The number of hydrogen-bond donors (Lipinski definition) is 0. The molecular formula is C14H21N4O2S+. The lowest BCUT2D eigenvalue weighted by atomic mass is 10.1. The minimum atomic E-state index is -0.520. The van der Waals surface area contributed by atoms with Crippen LogP contribution in [0.1, 0.15) is 20.3 Å². The van der Waals surface area contributed by atoms with Crippen LogP contribution in [0, 0.1) is 0 Å². The van der Waals surface area contributed by atoms with Crippen molar-refractivity contribution in [2.24, 2.45) is 4.99 Å². The number of nitrogens with zero attached hydrogens (tertiary/aromatic N) is 4. The van der Waals surface area contributed by atoms with E-state index in [0.717, 1.165) is 27.8 Å². The van der Waals surface area contributed by atoms with E-state index < -0.39 is 6.04 Å². The molecule has 0 saturated carbocycles. The number of amides is 3. The van der Waals surface area contributed by atoms with Crippen LogP contribution in [0.2, 0.25) is 0 Å². The highest BCUT2D eigenvalue weighted by atomic mass is 32.2. The summed E-state index contributed by atoms with van der Waals surface area (Å²) < 4.78 is 1.94. The number of thioether (sulfide) groups is 1. The average Bonchev–Trinajstić information content (AvgIpc) is 2.78. The molecular weight excluding hydrogens is 288 g/mol. The first kappa shape index (κ1) is 15.8. The van der Waals surface area contributed by atoms with Gasteiger partial charge in [0.15, 0.2) is 0 Å². The molecule has 7 heteroatoms. The molecule has 2 aliphatic rings. The Labute approximate surface area is 129 Å². The van der Waals surface area contributed by atoms with Gasteiger partial charge in [0, 0.05) is 19.8 Å². The summed E-state index contributed by atoms with van der Waals surface area (Å²) in [5.41, 5.74) is 0.955. The summed E-state index contributed by atoms with van der Waals surface area (Å²) >= 11 is 1.61. The van der Waals surface area contributed by atoms with E-state index in [1.54, 1.807) is 18.8 Å². The Balaban J connectivity index is 2.42. The first-order valence-electron chi connectivity index (χ1n) is 6.93. The summed E-state index contributed by atoms with van der Waals surface area (Å²) in [6.07, 6.45) is 1.02. The molecule has 0 aromatic heterocycles. The SMILES string of the molecule is C=C(C)C[N+]1=C(SCCC)N=C2C1C(=O)N(C)C(=O)N2C. The fraction of sp³-hybridized carbons (Fsp3) is 0.571. The van der Waals surface area contributed by atoms with Gasteiger partial charge in [-0.2, -0.15) is 0 Å². The maximum Gasteiger partial charge on any atom is 0.358 e. The third-order valence-electron chi connectivity index (χ3n) is 3.37. The van der Waals surface area contributed by atoms with Crippen molar-refractivity contribution in [3.05, 3.63) is 12.2 Å². The summed E-state index contributed by atoms with van der Waals surface area (Å²) in [4.78, 5) is 31.7. The molecule has 114 valence electrons. The summed E-state index contributed by atoms with van der Waals surface area (Å²) in [5.74, 6) is 1.21. The van der Waals surface area contributed by atoms with Gasteiger partial charge in [0.25, 0.3) is 17.8 Å². The molecule has 1 atom stereocenters. The van der Waals surface area contributed by atoms with Crippen LogP contribution in [-0.2, 0) is 4.79 Å². The lowest BCUT2D eigenvalue weighted by molar-refractivity contribution is -0.524. The fourth-order valence-corrected chi connectivity index (χ4v) is 3.21. The number of likely N-dealkylation sites (N-methyl/N-ethyl adjacent to an activating group) is 2. The Morgan fingerprint density at radius 1 is 1.38 bits per heavy atom. The maximum absolute atomic E-state index is 12.5. The molecule has 0 bridgehead atoms. The summed E-state index contributed by atoms with van der Waals surface area (Å²) in [7, 11) is 3.16. The monoisotopic (exact) mass is 309 g/mol. The van der Waals surface area contributed by atoms with Crippen molar-refractivity contribution in [3.63, 3.8) is 0 Å². The molecule has 0 spiro atoms. The second-order valence-corrected chi connectivity index (χ2v) is 6.39. The van der Waals surface area contributed by atoms with Gasteiger partial charge >= 0.3 is 11.2 Å². The molecule has 0 N–H and O–H groups in total. The van der Waals surface area contributed by atoms with E-state index in [1.807, 2.05) is 11.5 Å². The molecule has 2 aliphatic heterocycles. The third kappa shape index (κ3) is 2.74. The fourth-order valence-electron chi connectivity index (χ4n) is 2.33. The molecule has 1 saturated heterocycles. The number of hydrogen-bond acceptors (Lipinski definition) is 4. The Hall–Kier alpha value is -1.63. The molecule has 0 aromatic carbocycles. The highest BCUT2D eigenvalue weighted by Gasteiger charge is 2.52. The highest BCUT2D eigenvalue weighted by molar-refractivity contribution is 8.13. The zero-order valence-corrected chi connectivity index (χ0v) is 13.7. The average molecular weight is 309 g/mol. The number of carbonyl (C=O) groups is 2. The number of carbonyl (C=O) groups excluding carboxylic acids is 2. The molecule has 2 rings (SSSR count). The van der Waals surface area contributed by atoms with Gasteiger partial charge in [-0.05, 0) is 35.7 Å². The summed E-state index contributed by atoms with van der Waals surface area (Å²) in [6.45, 7) is 8.51. The highest BCUT2D eigenvalue weighted by Crippen LogP contribution is 2.23. The van der Waals surface area contributed by atoms with Crippen molar-refractivity contribution in [1.82, 2.24) is 9.80 Å². The van der Waals surface area contributed by atoms with Crippen LogP contribution < -0.4 is 0 Å². The van der Waals surface area contributed by atoms with Gasteiger partial charge in [0.05, 0.1) is 0 Å². The van der Waals surface area contributed by atoms with Crippen LogP contribution >= 0.6 is 11.8 Å². The largest absolute Gasteiger partial charge is 0.358 e. The van der Waals surface area contributed by atoms with Crippen molar-refractivity contribution in [1.29, 1.82) is 0 Å². The predicted octanol–water partition coefficient (Wildman–Crippen LogP) is 1.38. The number of imide groups is 1. The number of rotatable bonds is 4. The van der Waals surface area contributed by atoms with E-state index in [4.69, 9.17) is 0 Å². The van der Waals surface area contributed by atoms with Crippen molar-refractivity contribution in [2.75, 3.05) is 26.4 Å². The number of urea groups is 1. The van der Waals surface area contributed by atoms with Gasteiger partial charge in [-0.15, -0.1) is 0 Å². The zero-order valence-electron chi connectivity index (χ0n) is 12.9. The topological polar surface area (TPSA) is 56.0 Å². The van der Waals surface area contributed by atoms with Crippen LogP contribution in [0.5, 0.6) is 0 Å². The number of aliphatic imine (C=N–C) groups is 1. The van der Waals surface area contributed by atoms with Crippen molar-refractivity contribution < 1.29 is 14.2 Å². The van der Waals surface area contributed by atoms with Crippen LogP contribution in [0.4, 0.5) is 4.79 Å². The standard InChI is InChI=1S/C14H21N4O2S/c1-6-7-21-13-15-11-10(18(13)8-9(2)3)12(19)17(5)14(20)16(11)4/h10H,2,6-8H2,1,3-5H3/q+1. The van der Waals surface area contributed by atoms with E-state index in [1.165, 1.54) is 11.9 Å². The van der Waals surface area contributed by atoms with Gasteiger partial charge in [-0.25, -0.2) is 9.37 Å². The van der Waals surface area contributed by atoms with Gasteiger partial charge < -0.3 is 0 Å². The molecule has 0 aliphatic carbocycles. The summed E-state index contributed by atoms with van der Waals surface area (Å²) in [5, 5.41) is 0.795. The Morgan fingerprint density at radius 2 is 2.05 bits per heavy atom. The Bertz CT molecular complexity index is 567. The normalized spacial score (nSPS) is 21.9. The second kappa shape index (κ2) is 6.01. The van der Waals surface area contributed by atoms with Crippen LogP contribution in [-0.4, -0.2) is 69.8 Å². The molecule has 1 fully saturated rings. The number of amidine groups is 2. The summed E-state index contributed by atoms with van der Waals surface area (Å²) in [6, 6.07) is -0.860. The molecule has 0 aromatic rings. The molecule has 3 amide bonds. The molecule has 0 radical (unpaired) electrons. The molecule has 2 heterocycles. The Morgan fingerprint density at radius 3 is 2.62 bits per heavy atom. The van der Waals surface area contributed by atoms with Gasteiger partial charge in [0.2, 0.25) is 0 Å². The predicted molar refractivity (Wildman–Crippen MR) is 84.8 cm³/mol. The van der Waals surface area contributed by atoms with E-state index >= 15 is 0 Å². The maximum atomic E-state index is 12.5. The Kier molecular flexibility index (Phi) is 4.51. The minimum absolute atomic E-state index is 0.231. The van der Waals surface area contributed by atoms with Crippen molar-refractivity contribution in [2.45, 2.75) is 26.3 Å². The quantitative estimate of drug-likeness (QED) is 0.582. The third-order valence-corrected chi connectivity index (χ3v) is 4.57. The molecule has 6 nitrogen and oxygen atoms in total. The first-order valence-corrected chi connectivity index (χ1v) is 7.91. The van der Waals surface area contributed by atoms with Crippen LogP contribution in [0.3, 0.4) is 0 Å². The van der Waals surface area contributed by atoms with Gasteiger partial charge in [0.1, 0.15) is 6.54 Å². The number of fused-ring (bicyclic) bond motifs is 1. The van der Waals surface area contributed by atoms with Crippen molar-refractivity contribution in [3.8, 4) is 0 Å². The molecule has 21 heavy (non-hydrogen) atoms. The lowest BCUT2D eigenvalue weighted by Gasteiger charge is -2.30. The second-order valence-electron chi connectivity index (χ2n) is 5.33. The first-order chi connectivity index (χ1) is 9.88. The van der Waals surface area contributed by atoms with Gasteiger partial charge in [-0.1, -0.05) is 13.5 Å². The van der Waals surface area contributed by atoms with E-state index in [2.05, 4.69) is 18.5 Å².